The Hall–Kier alpha value is -1.42. The SMILES string of the molecule is CCCNC(=O)C(CN)Cc1cnccc1C. The summed E-state index contributed by atoms with van der Waals surface area (Å²) in [6.07, 6.45) is 5.17. The molecule has 1 amide bonds. The molecule has 4 heteroatoms. The molecule has 0 aromatic carbocycles. The first-order valence-corrected chi connectivity index (χ1v) is 6.06. The molecule has 3 N–H and O–H groups in total. The fourth-order valence-electron chi connectivity index (χ4n) is 1.65. The molecule has 1 atom stereocenters. The van der Waals surface area contributed by atoms with Crippen LogP contribution >= 0.6 is 0 Å². The summed E-state index contributed by atoms with van der Waals surface area (Å²) in [5.41, 5.74) is 7.91. The summed E-state index contributed by atoms with van der Waals surface area (Å²) in [4.78, 5) is 15.9. The van der Waals surface area contributed by atoms with Crippen LogP contribution in [0.3, 0.4) is 0 Å². The van der Waals surface area contributed by atoms with E-state index in [1.807, 2.05) is 26.1 Å². The van der Waals surface area contributed by atoms with Gasteiger partial charge in [0, 0.05) is 25.5 Å². The largest absolute Gasteiger partial charge is 0.356 e. The van der Waals surface area contributed by atoms with Gasteiger partial charge >= 0.3 is 0 Å². The Morgan fingerprint density at radius 1 is 1.59 bits per heavy atom. The van der Waals surface area contributed by atoms with Gasteiger partial charge in [-0.1, -0.05) is 6.92 Å². The predicted molar refractivity (Wildman–Crippen MR) is 68.5 cm³/mol. The monoisotopic (exact) mass is 235 g/mol. The Kier molecular flexibility index (Phi) is 5.63. The summed E-state index contributed by atoms with van der Waals surface area (Å²) in [7, 11) is 0. The number of hydrogen-bond donors (Lipinski definition) is 2. The molecule has 0 bridgehead atoms. The topological polar surface area (TPSA) is 68.0 Å². The van der Waals surface area contributed by atoms with Gasteiger partial charge in [0.25, 0.3) is 0 Å². The molecular formula is C13H21N3O. The van der Waals surface area contributed by atoms with E-state index in [4.69, 9.17) is 5.73 Å². The highest BCUT2D eigenvalue weighted by atomic mass is 16.1. The van der Waals surface area contributed by atoms with Gasteiger partial charge in [0.05, 0.1) is 5.92 Å². The zero-order chi connectivity index (χ0) is 12.7. The fourth-order valence-corrected chi connectivity index (χ4v) is 1.65. The quantitative estimate of drug-likeness (QED) is 0.774. The molecule has 0 aliphatic heterocycles. The number of aromatic nitrogens is 1. The van der Waals surface area contributed by atoms with E-state index in [1.165, 1.54) is 0 Å². The Bertz CT molecular complexity index is 365. The van der Waals surface area contributed by atoms with E-state index < -0.39 is 0 Å². The van der Waals surface area contributed by atoms with Crippen molar-refractivity contribution in [2.45, 2.75) is 26.7 Å². The highest BCUT2D eigenvalue weighted by Crippen LogP contribution is 2.11. The van der Waals surface area contributed by atoms with E-state index in [2.05, 4.69) is 10.3 Å². The first-order valence-electron chi connectivity index (χ1n) is 6.06. The molecule has 94 valence electrons. The number of carbonyl (C=O) groups is 1. The van der Waals surface area contributed by atoms with E-state index in [9.17, 15) is 4.79 Å². The first-order chi connectivity index (χ1) is 8.19. The normalized spacial score (nSPS) is 12.2. The third kappa shape index (κ3) is 4.15. The molecule has 0 fully saturated rings. The van der Waals surface area contributed by atoms with Crippen molar-refractivity contribution in [1.82, 2.24) is 10.3 Å². The second-order valence-corrected chi connectivity index (χ2v) is 4.23. The van der Waals surface area contributed by atoms with E-state index >= 15 is 0 Å². The van der Waals surface area contributed by atoms with Gasteiger partial charge in [-0.3, -0.25) is 9.78 Å². The Morgan fingerprint density at radius 3 is 2.94 bits per heavy atom. The van der Waals surface area contributed by atoms with Crippen molar-refractivity contribution < 1.29 is 4.79 Å². The standard InChI is InChI=1S/C13H21N3O/c1-3-5-16-13(17)11(8-14)7-12-9-15-6-4-10(12)2/h4,6,9,11H,3,5,7-8,14H2,1-2H3,(H,16,17). The van der Waals surface area contributed by atoms with Gasteiger partial charge in [-0.25, -0.2) is 0 Å². The minimum absolute atomic E-state index is 0.0394. The van der Waals surface area contributed by atoms with Crippen molar-refractivity contribution in [3.8, 4) is 0 Å². The van der Waals surface area contributed by atoms with Crippen LogP contribution in [-0.2, 0) is 11.2 Å². The Morgan fingerprint density at radius 2 is 2.35 bits per heavy atom. The predicted octanol–water partition coefficient (Wildman–Crippen LogP) is 1.03. The fraction of sp³-hybridized carbons (Fsp3) is 0.538. The second-order valence-electron chi connectivity index (χ2n) is 4.23. The van der Waals surface area contributed by atoms with Crippen molar-refractivity contribution in [3.63, 3.8) is 0 Å². The number of hydrogen-bond acceptors (Lipinski definition) is 3. The van der Waals surface area contributed by atoms with Crippen LogP contribution < -0.4 is 11.1 Å². The van der Waals surface area contributed by atoms with E-state index in [0.717, 1.165) is 17.5 Å². The zero-order valence-electron chi connectivity index (χ0n) is 10.6. The third-order valence-electron chi connectivity index (χ3n) is 2.82. The maximum atomic E-state index is 11.8. The maximum Gasteiger partial charge on any atom is 0.224 e. The number of nitrogens with two attached hydrogens (primary N) is 1. The van der Waals surface area contributed by atoms with Crippen LogP contribution in [-0.4, -0.2) is 24.0 Å². The number of carbonyl (C=O) groups excluding carboxylic acids is 1. The lowest BCUT2D eigenvalue weighted by Gasteiger charge is -2.15. The summed E-state index contributed by atoms with van der Waals surface area (Å²) in [5.74, 6) is -0.123. The van der Waals surface area contributed by atoms with Crippen molar-refractivity contribution >= 4 is 5.91 Å². The molecule has 17 heavy (non-hydrogen) atoms. The molecule has 1 unspecified atom stereocenters. The summed E-state index contributed by atoms with van der Waals surface area (Å²) in [6.45, 7) is 5.13. The maximum absolute atomic E-state index is 11.8. The molecule has 0 saturated carbocycles. The number of rotatable bonds is 6. The Balaban J connectivity index is 2.63. The van der Waals surface area contributed by atoms with Crippen LogP contribution in [0.5, 0.6) is 0 Å². The van der Waals surface area contributed by atoms with Crippen molar-refractivity contribution in [3.05, 3.63) is 29.6 Å². The second kappa shape index (κ2) is 7.01. The van der Waals surface area contributed by atoms with Gasteiger partial charge in [0.2, 0.25) is 5.91 Å². The van der Waals surface area contributed by atoms with Gasteiger partial charge < -0.3 is 11.1 Å². The molecule has 4 nitrogen and oxygen atoms in total. The van der Waals surface area contributed by atoms with Gasteiger partial charge in [-0.15, -0.1) is 0 Å². The smallest absolute Gasteiger partial charge is 0.224 e. The minimum atomic E-state index is -0.163. The van der Waals surface area contributed by atoms with Crippen LogP contribution in [0.15, 0.2) is 18.5 Å². The molecule has 0 spiro atoms. The summed E-state index contributed by atoms with van der Waals surface area (Å²) >= 11 is 0. The summed E-state index contributed by atoms with van der Waals surface area (Å²) in [5, 5.41) is 2.88. The van der Waals surface area contributed by atoms with Gasteiger partial charge in [-0.2, -0.15) is 0 Å². The van der Waals surface area contributed by atoms with Crippen LogP contribution in [0.4, 0.5) is 0 Å². The van der Waals surface area contributed by atoms with Crippen LogP contribution in [0.2, 0.25) is 0 Å². The summed E-state index contributed by atoms with van der Waals surface area (Å²) in [6, 6.07) is 1.95. The molecule has 1 rings (SSSR count). The highest BCUT2D eigenvalue weighted by molar-refractivity contribution is 5.79. The molecular weight excluding hydrogens is 214 g/mol. The molecule has 0 aliphatic rings. The zero-order valence-corrected chi connectivity index (χ0v) is 10.6. The number of nitrogens with zero attached hydrogens (tertiary/aromatic N) is 1. The van der Waals surface area contributed by atoms with E-state index in [-0.39, 0.29) is 11.8 Å². The average molecular weight is 235 g/mol. The van der Waals surface area contributed by atoms with Crippen LogP contribution in [0.1, 0.15) is 24.5 Å². The van der Waals surface area contributed by atoms with Crippen molar-refractivity contribution in [1.29, 1.82) is 0 Å². The molecule has 1 aromatic heterocycles. The molecule has 1 aromatic rings. The minimum Gasteiger partial charge on any atom is -0.356 e. The highest BCUT2D eigenvalue weighted by Gasteiger charge is 2.17. The lowest BCUT2D eigenvalue weighted by atomic mass is 9.97. The van der Waals surface area contributed by atoms with Crippen LogP contribution in [0, 0.1) is 12.8 Å². The molecule has 0 aliphatic carbocycles. The lowest BCUT2D eigenvalue weighted by Crippen LogP contribution is -2.36. The molecule has 0 saturated heterocycles. The van der Waals surface area contributed by atoms with Gasteiger partial charge in [0.15, 0.2) is 0 Å². The third-order valence-corrected chi connectivity index (χ3v) is 2.82. The number of pyridine rings is 1. The summed E-state index contributed by atoms with van der Waals surface area (Å²) < 4.78 is 0. The Labute approximate surface area is 103 Å². The van der Waals surface area contributed by atoms with Gasteiger partial charge in [-0.05, 0) is 37.0 Å². The number of nitrogens with one attached hydrogen (secondary N) is 1. The average Bonchev–Trinajstić information content (AvgIpc) is 2.35. The van der Waals surface area contributed by atoms with Crippen LogP contribution in [0.25, 0.3) is 0 Å². The molecule has 0 radical (unpaired) electrons. The molecule has 1 heterocycles. The van der Waals surface area contributed by atoms with Gasteiger partial charge in [0.1, 0.15) is 0 Å². The van der Waals surface area contributed by atoms with Crippen molar-refractivity contribution in [2.75, 3.05) is 13.1 Å². The number of aryl methyl sites for hydroxylation is 1. The van der Waals surface area contributed by atoms with E-state index in [1.54, 1.807) is 6.20 Å². The van der Waals surface area contributed by atoms with E-state index in [0.29, 0.717) is 19.5 Å². The lowest BCUT2D eigenvalue weighted by molar-refractivity contribution is -0.124. The first kappa shape index (κ1) is 13.6. The number of amides is 1. The van der Waals surface area contributed by atoms with Crippen molar-refractivity contribution in [2.24, 2.45) is 11.7 Å².